The van der Waals surface area contributed by atoms with Crippen LogP contribution in [0.15, 0.2) is 16.7 Å². The number of nitrogens with zero attached hydrogens (tertiary/aromatic N) is 1. The predicted molar refractivity (Wildman–Crippen MR) is 80.4 cm³/mol. The maximum absolute atomic E-state index is 12.1. The van der Waals surface area contributed by atoms with Crippen molar-refractivity contribution in [2.45, 2.75) is 32.6 Å². The van der Waals surface area contributed by atoms with Gasteiger partial charge in [0.1, 0.15) is 5.15 Å². The van der Waals surface area contributed by atoms with Crippen LogP contribution in [0.4, 0.5) is 0 Å². The number of carbonyl (C=O) groups excluding carboxylic acids is 1. The van der Waals surface area contributed by atoms with Crippen LogP contribution >= 0.6 is 27.5 Å². The van der Waals surface area contributed by atoms with E-state index < -0.39 is 0 Å². The summed E-state index contributed by atoms with van der Waals surface area (Å²) in [6.45, 7) is 3.02. The normalized spacial score (nSPS) is 23.1. The SMILES string of the molecule is CC1CCC(CNC(=O)c2cc(Br)cnc2Cl)CC1. The lowest BCUT2D eigenvalue weighted by Gasteiger charge is -2.26. The first-order valence-corrected chi connectivity index (χ1v) is 7.82. The molecular formula is C14H18BrClN2O. The van der Waals surface area contributed by atoms with Crippen molar-refractivity contribution in [2.75, 3.05) is 6.54 Å². The summed E-state index contributed by atoms with van der Waals surface area (Å²) in [5, 5.41) is 3.22. The van der Waals surface area contributed by atoms with Gasteiger partial charge in [-0.3, -0.25) is 4.79 Å². The summed E-state index contributed by atoms with van der Waals surface area (Å²) in [5.41, 5.74) is 0.431. The summed E-state index contributed by atoms with van der Waals surface area (Å²) in [6, 6.07) is 1.70. The molecule has 1 aliphatic rings. The van der Waals surface area contributed by atoms with Crippen molar-refractivity contribution in [1.82, 2.24) is 10.3 Å². The Morgan fingerprint density at radius 1 is 1.47 bits per heavy atom. The molecule has 5 heteroatoms. The Hall–Kier alpha value is -0.610. The van der Waals surface area contributed by atoms with Gasteiger partial charge in [0.2, 0.25) is 0 Å². The van der Waals surface area contributed by atoms with Crippen LogP contribution in [0.25, 0.3) is 0 Å². The Morgan fingerprint density at radius 2 is 2.16 bits per heavy atom. The maximum atomic E-state index is 12.1. The molecule has 0 saturated heterocycles. The van der Waals surface area contributed by atoms with Crippen LogP contribution in [0.2, 0.25) is 5.15 Å². The molecule has 0 bridgehead atoms. The van der Waals surface area contributed by atoms with Gasteiger partial charge in [-0.2, -0.15) is 0 Å². The molecule has 0 atom stereocenters. The van der Waals surface area contributed by atoms with Gasteiger partial charge in [-0.25, -0.2) is 4.98 Å². The number of hydrogen-bond donors (Lipinski definition) is 1. The molecule has 0 spiro atoms. The second-order valence-electron chi connectivity index (χ2n) is 5.33. The first-order valence-electron chi connectivity index (χ1n) is 6.65. The molecule has 0 aliphatic heterocycles. The number of carbonyl (C=O) groups is 1. The molecule has 1 fully saturated rings. The van der Waals surface area contributed by atoms with Crippen LogP contribution in [-0.2, 0) is 0 Å². The van der Waals surface area contributed by atoms with E-state index in [1.54, 1.807) is 12.3 Å². The summed E-state index contributed by atoms with van der Waals surface area (Å²) < 4.78 is 0.758. The maximum Gasteiger partial charge on any atom is 0.254 e. The van der Waals surface area contributed by atoms with Crippen LogP contribution in [0, 0.1) is 11.8 Å². The molecule has 1 N–H and O–H groups in total. The molecule has 1 amide bonds. The number of rotatable bonds is 3. The molecule has 0 aromatic carbocycles. The van der Waals surface area contributed by atoms with Crippen LogP contribution < -0.4 is 5.32 Å². The third-order valence-corrected chi connectivity index (χ3v) is 4.47. The fraction of sp³-hybridized carbons (Fsp3) is 0.571. The summed E-state index contributed by atoms with van der Waals surface area (Å²) >= 11 is 9.24. The van der Waals surface area contributed by atoms with E-state index in [1.165, 1.54) is 25.7 Å². The quantitative estimate of drug-likeness (QED) is 0.840. The summed E-state index contributed by atoms with van der Waals surface area (Å²) in [7, 11) is 0. The second kappa shape index (κ2) is 6.71. The van der Waals surface area contributed by atoms with Crippen molar-refractivity contribution in [3.8, 4) is 0 Å². The van der Waals surface area contributed by atoms with E-state index in [1.807, 2.05) is 0 Å². The topological polar surface area (TPSA) is 42.0 Å². The van der Waals surface area contributed by atoms with Gasteiger partial charge in [-0.15, -0.1) is 0 Å². The zero-order valence-electron chi connectivity index (χ0n) is 11.0. The first kappa shape index (κ1) is 14.8. The minimum Gasteiger partial charge on any atom is -0.352 e. The molecule has 19 heavy (non-hydrogen) atoms. The molecule has 1 aliphatic carbocycles. The molecule has 0 radical (unpaired) electrons. The summed E-state index contributed by atoms with van der Waals surface area (Å²) in [6.07, 6.45) is 6.51. The minimum atomic E-state index is -0.141. The molecule has 1 aromatic rings. The number of halogens is 2. The number of amides is 1. The Kier molecular flexibility index (Phi) is 5.22. The van der Waals surface area contributed by atoms with Crippen molar-refractivity contribution in [3.05, 3.63) is 27.5 Å². The van der Waals surface area contributed by atoms with Gasteiger partial charge in [0.05, 0.1) is 5.56 Å². The molecular weight excluding hydrogens is 328 g/mol. The number of aromatic nitrogens is 1. The molecule has 3 nitrogen and oxygen atoms in total. The van der Waals surface area contributed by atoms with Crippen LogP contribution in [-0.4, -0.2) is 17.4 Å². The van der Waals surface area contributed by atoms with Gasteiger partial charge in [0, 0.05) is 17.2 Å². The Labute approximate surface area is 127 Å². The zero-order chi connectivity index (χ0) is 13.8. The molecule has 1 heterocycles. The number of hydrogen-bond acceptors (Lipinski definition) is 2. The minimum absolute atomic E-state index is 0.141. The van der Waals surface area contributed by atoms with Crippen molar-refractivity contribution in [2.24, 2.45) is 11.8 Å². The third kappa shape index (κ3) is 4.18. The van der Waals surface area contributed by atoms with E-state index in [2.05, 4.69) is 33.2 Å². The van der Waals surface area contributed by atoms with Crippen molar-refractivity contribution in [3.63, 3.8) is 0 Å². The standard InChI is InChI=1S/C14H18BrClN2O/c1-9-2-4-10(5-3-9)7-18-14(19)12-6-11(15)8-17-13(12)16/h6,8-10H,2-5,7H2,1H3,(H,18,19). The van der Waals surface area contributed by atoms with E-state index in [0.29, 0.717) is 11.5 Å². The fourth-order valence-corrected chi connectivity index (χ4v) is 2.97. The van der Waals surface area contributed by atoms with E-state index in [-0.39, 0.29) is 11.1 Å². The molecule has 1 aromatic heterocycles. The van der Waals surface area contributed by atoms with Gasteiger partial charge in [-0.05, 0) is 46.7 Å². The van der Waals surface area contributed by atoms with Crippen molar-refractivity contribution >= 4 is 33.4 Å². The van der Waals surface area contributed by atoms with Crippen LogP contribution in [0.1, 0.15) is 43.0 Å². The first-order chi connectivity index (χ1) is 9.06. The van der Waals surface area contributed by atoms with Crippen molar-refractivity contribution in [1.29, 1.82) is 0 Å². The van der Waals surface area contributed by atoms with Crippen LogP contribution in [0.3, 0.4) is 0 Å². The van der Waals surface area contributed by atoms with E-state index >= 15 is 0 Å². The van der Waals surface area contributed by atoms with Crippen LogP contribution in [0.5, 0.6) is 0 Å². The highest BCUT2D eigenvalue weighted by Gasteiger charge is 2.19. The third-order valence-electron chi connectivity index (χ3n) is 3.74. The van der Waals surface area contributed by atoms with Gasteiger partial charge in [0.25, 0.3) is 5.91 Å². The fourth-order valence-electron chi connectivity index (χ4n) is 2.45. The zero-order valence-corrected chi connectivity index (χ0v) is 13.3. The average molecular weight is 346 g/mol. The summed E-state index contributed by atoms with van der Waals surface area (Å²) in [5.74, 6) is 1.28. The number of nitrogens with one attached hydrogen (secondary N) is 1. The highest BCUT2D eigenvalue weighted by molar-refractivity contribution is 9.10. The Balaban J connectivity index is 1.89. The van der Waals surface area contributed by atoms with E-state index in [4.69, 9.17) is 11.6 Å². The number of pyridine rings is 1. The summed E-state index contributed by atoms with van der Waals surface area (Å²) in [4.78, 5) is 16.0. The largest absolute Gasteiger partial charge is 0.352 e. The van der Waals surface area contributed by atoms with E-state index in [9.17, 15) is 4.79 Å². The molecule has 104 valence electrons. The predicted octanol–water partition coefficient (Wildman–Crippen LogP) is 4.05. The second-order valence-corrected chi connectivity index (χ2v) is 6.60. The Morgan fingerprint density at radius 3 is 2.84 bits per heavy atom. The Bertz CT molecular complexity index is 459. The lowest BCUT2D eigenvalue weighted by atomic mass is 9.83. The highest BCUT2D eigenvalue weighted by Crippen LogP contribution is 2.27. The smallest absolute Gasteiger partial charge is 0.254 e. The lowest BCUT2D eigenvalue weighted by molar-refractivity contribution is 0.0941. The van der Waals surface area contributed by atoms with Gasteiger partial charge in [-0.1, -0.05) is 31.4 Å². The van der Waals surface area contributed by atoms with Gasteiger partial charge in [0.15, 0.2) is 0 Å². The van der Waals surface area contributed by atoms with Gasteiger partial charge < -0.3 is 5.32 Å². The van der Waals surface area contributed by atoms with E-state index in [0.717, 1.165) is 16.9 Å². The lowest BCUT2D eigenvalue weighted by Crippen LogP contribution is -2.31. The monoisotopic (exact) mass is 344 g/mol. The molecule has 2 rings (SSSR count). The average Bonchev–Trinajstić information content (AvgIpc) is 2.40. The molecule has 1 saturated carbocycles. The highest BCUT2D eigenvalue weighted by atomic mass is 79.9. The van der Waals surface area contributed by atoms with Crippen molar-refractivity contribution < 1.29 is 4.79 Å². The van der Waals surface area contributed by atoms with Gasteiger partial charge >= 0.3 is 0 Å². The molecule has 0 unspecified atom stereocenters.